The molecule has 6 heteroatoms. The normalized spacial score (nSPS) is 13.5. The van der Waals surface area contributed by atoms with Crippen LogP contribution in [0.1, 0.15) is 28.9 Å². The van der Waals surface area contributed by atoms with Crippen LogP contribution < -0.4 is 10.9 Å². The summed E-state index contributed by atoms with van der Waals surface area (Å²) in [5, 5.41) is 13.4. The number of amides is 1. The molecule has 2 unspecified atom stereocenters. The Morgan fingerprint density at radius 1 is 1.29 bits per heavy atom. The number of pyridine rings is 1. The lowest BCUT2D eigenvalue weighted by molar-refractivity contribution is 0.0852. The van der Waals surface area contributed by atoms with Gasteiger partial charge in [-0.2, -0.15) is 0 Å². The smallest absolute Gasteiger partial charge is 0.251 e. The molecular weight excluding hydrogens is 292 g/mol. The van der Waals surface area contributed by atoms with Crippen LogP contribution in [0.15, 0.2) is 47.4 Å². The molecular formula is C15H15ClN2O3. The van der Waals surface area contributed by atoms with Crippen LogP contribution in [0.5, 0.6) is 0 Å². The lowest BCUT2D eigenvalue weighted by Crippen LogP contribution is -2.37. The number of benzene rings is 1. The van der Waals surface area contributed by atoms with Gasteiger partial charge in [-0.3, -0.25) is 9.59 Å². The van der Waals surface area contributed by atoms with E-state index in [4.69, 9.17) is 11.6 Å². The molecule has 0 aliphatic rings. The first-order valence-electron chi connectivity index (χ1n) is 6.40. The van der Waals surface area contributed by atoms with Crippen molar-refractivity contribution in [2.24, 2.45) is 0 Å². The first-order valence-corrected chi connectivity index (χ1v) is 6.78. The summed E-state index contributed by atoms with van der Waals surface area (Å²) in [6.45, 7) is 1.68. The number of carbonyl (C=O) groups excluding carboxylic acids is 1. The zero-order valence-corrected chi connectivity index (χ0v) is 12.1. The fraction of sp³-hybridized carbons (Fsp3) is 0.200. The summed E-state index contributed by atoms with van der Waals surface area (Å²) in [6, 6.07) is 8.93. The predicted octanol–water partition coefficient (Wildman–Crippen LogP) is 1.88. The molecule has 0 fully saturated rings. The highest BCUT2D eigenvalue weighted by Crippen LogP contribution is 2.19. The minimum atomic E-state index is -0.867. The van der Waals surface area contributed by atoms with Crippen LogP contribution in [-0.4, -0.2) is 22.0 Å². The highest BCUT2D eigenvalue weighted by molar-refractivity contribution is 6.30. The van der Waals surface area contributed by atoms with Crippen LogP contribution in [0.2, 0.25) is 5.02 Å². The van der Waals surface area contributed by atoms with Crippen LogP contribution in [0.25, 0.3) is 0 Å². The average molecular weight is 307 g/mol. The number of aromatic nitrogens is 1. The predicted molar refractivity (Wildman–Crippen MR) is 80.4 cm³/mol. The third-order valence-corrected chi connectivity index (χ3v) is 3.33. The van der Waals surface area contributed by atoms with Crippen molar-refractivity contribution in [3.8, 4) is 0 Å². The van der Waals surface area contributed by atoms with Crippen LogP contribution in [0.3, 0.4) is 0 Å². The Kier molecular flexibility index (Phi) is 4.77. The molecule has 1 heterocycles. The summed E-state index contributed by atoms with van der Waals surface area (Å²) >= 11 is 5.79. The van der Waals surface area contributed by atoms with Crippen molar-refractivity contribution in [2.75, 3.05) is 0 Å². The van der Waals surface area contributed by atoms with Crippen molar-refractivity contribution in [1.29, 1.82) is 0 Å². The number of aliphatic hydroxyl groups is 1. The first kappa shape index (κ1) is 15.3. The van der Waals surface area contributed by atoms with Crippen LogP contribution >= 0.6 is 11.6 Å². The zero-order chi connectivity index (χ0) is 15.4. The van der Waals surface area contributed by atoms with E-state index in [2.05, 4.69) is 10.3 Å². The van der Waals surface area contributed by atoms with Gasteiger partial charge in [0.2, 0.25) is 5.56 Å². The summed E-state index contributed by atoms with van der Waals surface area (Å²) in [7, 11) is 0. The van der Waals surface area contributed by atoms with Crippen molar-refractivity contribution in [3.63, 3.8) is 0 Å². The lowest BCUT2D eigenvalue weighted by atomic mass is 10.0. The van der Waals surface area contributed by atoms with Crippen LogP contribution in [0.4, 0.5) is 0 Å². The Morgan fingerprint density at radius 2 is 1.95 bits per heavy atom. The van der Waals surface area contributed by atoms with Gasteiger partial charge in [0.05, 0.1) is 12.1 Å². The van der Waals surface area contributed by atoms with Gasteiger partial charge in [-0.05, 0) is 30.7 Å². The van der Waals surface area contributed by atoms with Gasteiger partial charge in [0, 0.05) is 22.8 Å². The van der Waals surface area contributed by atoms with Gasteiger partial charge in [0.15, 0.2) is 0 Å². The number of aromatic amines is 1. The number of nitrogens with one attached hydrogen (secondary N) is 2. The van der Waals surface area contributed by atoms with E-state index < -0.39 is 18.1 Å². The minimum absolute atomic E-state index is 0.244. The van der Waals surface area contributed by atoms with E-state index in [9.17, 15) is 14.7 Å². The monoisotopic (exact) mass is 306 g/mol. The third kappa shape index (κ3) is 3.93. The van der Waals surface area contributed by atoms with Crippen molar-refractivity contribution < 1.29 is 9.90 Å². The maximum atomic E-state index is 12.0. The SMILES string of the molecule is CC(NC(=O)c1cc[nH]c(=O)c1)C(O)c1ccc(Cl)cc1. The Hall–Kier alpha value is -2.11. The zero-order valence-electron chi connectivity index (χ0n) is 11.3. The standard InChI is InChI=1S/C15H15ClN2O3/c1-9(14(20)10-2-4-12(16)5-3-10)18-15(21)11-6-7-17-13(19)8-11/h2-9,14,20H,1H3,(H,17,19)(H,18,21). The molecule has 5 nitrogen and oxygen atoms in total. The average Bonchev–Trinajstić information content (AvgIpc) is 2.47. The molecule has 0 aliphatic heterocycles. The van der Waals surface area contributed by atoms with E-state index >= 15 is 0 Å². The number of H-pyrrole nitrogens is 1. The molecule has 0 bridgehead atoms. The van der Waals surface area contributed by atoms with Crippen LogP contribution in [0, 0.1) is 0 Å². The van der Waals surface area contributed by atoms with Crippen LogP contribution in [-0.2, 0) is 0 Å². The van der Waals surface area contributed by atoms with Crippen molar-refractivity contribution in [2.45, 2.75) is 19.1 Å². The van der Waals surface area contributed by atoms with Gasteiger partial charge in [-0.15, -0.1) is 0 Å². The van der Waals surface area contributed by atoms with Gasteiger partial charge < -0.3 is 15.4 Å². The Labute approximate surface area is 126 Å². The molecule has 1 aromatic heterocycles. The quantitative estimate of drug-likeness (QED) is 0.806. The van der Waals surface area contributed by atoms with Crippen molar-refractivity contribution in [1.82, 2.24) is 10.3 Å². The number of hydrogen-bond acceptors (Lipinski definition) is 3. The van der Waals surface area contributed by atoms with Gasteiger partial charge in [-0.1, -0.05) is 23.7 Å². The summed E-state index contributed by atoms with van der Waals surface area (Å²) in [4.78, 5) is 25.6. The van der Waals surface area contributed by atoms with E-state index in [1.54, 1.807) is 31.2 Å². The van der Waals surface area contributed by atoms with Crippen molar-refractivity contribution in [3.05, 3.63) is 69.1 Å². The van der Waals surface area contributed by atoms with Gasteiger partial charge >= 0.3 is 0 Å². The Morgan fingerprint density at radius 3 is 2.57 bits per heavy atom. The topological polar surface area (TPSA) is 82.2 Å². The van der Waals surface area contributed by atoms with Gasteiger partial charge in [-0.25, -0.2) is 0 Å². The lowest BCUT2D eigenvalue weighted by Gasteiger charge is -2.20. The number of halogens is 1. The molecule has 2 atom stereocenters. The van der Waals surface area contributed by atoms with Gasteiger partial charge in [0.1, 0.15) is 0 Å². The van der Waals surface area contributed by atoms with E-state index in [-0.39, 0.29) is 11.1 Å². The maximum Gasteiger partial charge on any atom is 0.251 e. The second-order valence-electron chi connectivity index (χ2n) is 4.70. The highest BCUT2D eigenvalue weighted by Gasteiger charge is 2.19. The minimum Gasteiger partial charge on any atom is -0.386 e. The largest absolute Gasteiger partial charge is 0.386 e. The summed E-state index contributed by atoms with van der Waals surface area (Å²) < 4.78 is 0. The number of rotatable bonds is 4. The molecule has 2 rings (SSSR count). The molecule has 0 aliphatic carbocycles. The Balaban J connectivity index is 2.06. The van der Waals surface area contributed by atoms with E-state index in [1.807, 2.05) is 0 Å². The fourth-order valence-electron chi connectivity index (χ4n) is 1.90. The highest BCUT2D eigenvalue weighted by atomic mass is 35.5. The van der Waals surface area contributed by atoms with E-state index in [0.717, 1.165) is 0 Å². The fourth-order valence-corrected chi connectivity index (χ4v) is 2.03. The summed E-state index contributed by atoms with van der Waals surface area (Å²) in [5.41, 5.74) is 0.542. The maximum absolute atomic E-state index is 12.0. The molecule has 0 radical (unpaired) electrons. The molecule has 2 aromatic rings. The van der Waals surface area contributed by atoms with Gasteiger partial charge in [0.25, 0.3) is 5.91 Å². The molecule has 110 valence electrons. The molecule has 21 heavy (non-hydrogen) atoms. The summed E-state index contributed by atoms with van der Waals surface area (Å²) in [6.07, 6.45) is 0.533. The molecule has 0 saturated carbocycles. The molecule has 0 saturated heterocycles. The second-order valence-corrected chi connectivity index (χ2v) is 5.14. The number of aliphatic hydroxyl groups excluding tert-OH is 1. The first-order chi connectivity index (χ1) is 9.97. The summed E-state index contributed by atoms with van der Waals surface area (Å²) in [5.74, 6) is -0.415. The van der Waals surface area contributed by atoms with E-state index in [0.29, 0.717) is 10.6 Å². The van der Waals surface area contributed by atoms with E-state index in [1.165, 1.54) is 18.3 Å². The molecule has 1 amide bonds. The number of hydrogen-bond donors (Lipinski definition) is 3. The molecule has 3 N–H and O–H groups in total. The third-order valence-electron chi connectivity index (χ3n) is 3.08. The second kappa shape index (κ2) is 6.56. The molecule has 0 spiro atoms. The Bertz CT molecular complexity index is 682. The van der Waals surface area contributed by atoms with Crippen molar-refractivity contribution >= 4 is 17.5 Å². The number of carbonyl (C=O) groups is 1. The molecule has 1 aromatic carbocycles.